The number of aryl methyl sites for hydroxylation is 1. The van der Waals surface area contributed by atoms with Crippen molar-refractivity contribution in [3.05, 3.63) is 35.1 Å². The molecule has 1 fully saturated rings. The minimum Gasteiger partial charge on any atom is -0.504 e. The summed E-state index contributed by atoms with van der Waals surface area (Å²) in [7, 11) is 1.88. The van der Waals surface area contributed by atoms with Crippen LogP contribution in [0.2, 0.25) is 0 Å². The van der Waals surface area contributed by atoms with Crippen LogP contribution < -0.4 is 4.74 Å². The summed E-state index contributed by atoms with van der Waals surface area (Å²) >= 11 is 0. The number of ether oxygens (including phenoxy) is 5. The molecule has 1 aromatic carbocycles. The quantitative estimate of drug-likeness (QED) is 0.189. The molecular weight excluding hydrogens is 626 g/mol. The number of likely N-dealkylation sites (tertiary alicyclic amines) is 1. The summed E-state index contributed by atoms with van der Waals surface area (Å²) < 4.78 is 26.4. The van der Waals surface area contributed by atoms with Crippen molar-refractivity contribution in [1.29, 1.82) is 0 Å². The molecule has 1 spiro atoms. The Bertz CT molecular complexity index is 1520. The van der Waals surface area contributed by atoms with E-state index in [1.165, 1.54) is 12.1 Å². The molecule has 7 atom stereocenters. The zero-order chi connectivity index (χ0) is 35.0. The number of nitrogens with zero attached hydrogens (tertiary/aromatic N) is 1. The summed E-state index contributed by atoms with van der Waals surface area (Å²) in [6, 6.07) is 2.81. The largest absolute Gasteiger partial charge is 0.504 e. The van der Waals surface area contributed by atoms with Crippen molar-refractivity contribution in [3.8, 4) is 11.5 Å². The van der Waals surface area contributed by atoms with Gasteiger partial charge in [0.2, 0.25) is 12.2 Å². The van der Waals surface area contributed by atoms with E-state index in [1.807, 2.05) is 25.8 Å². The fourth-order valence-electron chi connectivity index (χ4n) is 6.58. The number of aliphatic carboxylic acids is 2. The fraction of sp³-hybridized carbons (Fsp3) is 0.548. The molecule has 0 unspecified atom stereocenters. The van der Waals surface area contributed by atoms with Gasteiger partial charge >= 0.3 is 35.8 Å². The first kappa shape index (κ1) is 35.2. The first-order valence-electron chi connectivity index (χ1n) is 14.8. The van der Waals surface area contributed by atoms with Crippen molar-refractivity contribution in [2.45, 2.75) is 94.9 Å². The summed E-state index contributed by atoms with van der Waals surface area (Å²) in [5.41, 5.74) is -1.17. The maximum absolute atomic E-state index is 13.2. The molecule has 256 valence electrons. The van der Waals surface area contributed by atoms with Gasteiger partial charge in [-0.05, 0) is 58.5 Å². The number of piperidine rings is 1. The predicted molar refractivity (Wildman–Crippen MR) is 155 cm³/mol. The van der Waals surface area contributed by atoms with Crippen LogP contribution in [-0.4, -0.2) is 111 Å². The molecular formula is C31H37NO15. The average Bonchev–Trinajstić information content (AvgIpc) is 3.35. The fourth-order valence-corrected chi connectivity index (χ4v) is 6.58. The van der Waals surface area contributed by atoms with Crippen molar-refractivity contribution in [2.24, 2.45) is 0 Å². The van der Waals surface area contributed by atoms with E-state index in [0.29, 0.717) is 18.5 Å². The molecule has 16 nitrogen and oxygen atoms in total. The maximum Gasteiger partial charge on any atom is 0.348 e. The van der Waals surface area contributed by atoms with Crippen LogP contribution in [0.3, 0.4) is 0 Å². The van der Waals surface area contributed by atoms with Gasteiger partial charge in [0.25, 0.3) is 0 Å². The van der Waals surface area contributed by atoms with Gasteiger partial charge in [-0.2, -0.15) is 0 Å². The Morgan fingerprint density at radius 2 is 1.72 bits per heavy atom. The number of phenols is 1. The van der Waals surface area contributed by atoms with Gasteiger partial charge in [0.1, 0.15) is 5.76 Å². The van der Waals surface area contributed by atoms with Crippen molar-refractivity contribution < 1.29 is 72.9 Å². The summed E-state index contributed by atoms with van der Waals surface area (Å²) in [6.45, 7) is 6.21. The molecule has 2 heterocycles. The number of fused-ring (bicyclic) bond motifs is 1. The summed E-state index contributed by atoms with van der Waals surface area (Å²) in [5.74, 6) is -8.11. The Balaban J connectivity index is 1.54. The van der Waals surface area contributed by atoms with Gasteiger partial charge in [0.05, 0.1) is 23.9 Å². The number of hydrogen-bond acceptors (Lipinski definition) is 14. The van der Waals surface area contributed by atoms with Crippen LogP contribution in [0, 0.1) is 6.92 Å². The Morgan fingerprint density at radius 3 is 2.34 bits per heavy atom. The first-order chi connectivity index (χ1) is 21.9. The van der Waals surface area contributed by atoms with Crippen molar-refractivity contribution in [3.63, 3.8) is 0 Å². The summed E-state index contributed by atoms with van der Waals surface area (Å²) in [4.78, 5) is 74.3. The highest BCUT2D eigenvalue weighted by Crippen LogP contribution is 2.62. The smallest absolute Gasteiger partial charge is 0.348 e. The summed E-state index contributed by atoms with van der Waals surface area (Å²) in [6.07, 6.45) is -6.80. The van der Waals surface area contributed by atoms with Gasteiger partial charge < -0.3 is 49.0 Å². The van der Waals surface area contributed by atoms with Crippen molar-refractivity contribution >= 4 is 35.8 Å². The molecule has 0 saturated carbocycles. The van der Waals surface area contributed by atoms with E-state index >= 15 is 0 Å². The number of phenolic OH excluding ortho intramolecular Hbond substituents is 1. The number of likely N-dealkylation sites (N-methyl/N-ethyl adjacent to an activating group) is 1. The Hall–Kier alpha value is -4.70. The maximum atomic E-state index is 13.2. The molecule has 2 aliphatic heterocycles. The standard InChI is InChI=1S/C31H37NO15/c1-14-6-7-18(34)25-24(14)30-10-11-32(5)16(3)31(30,42)9-8-19(26(30)47-25)45-23(37)13-21(44-17(4)33)29(41)43-15(2)28(40)46-20(27(38)39)12-22(35)36/h6-8,15-16,20-21,26,34,42H,9-13H2,1-5H3,(H,35,36)(H,38,39)/t15-,16+,20-,21-,26-,30-,31+/m0/s1. The second-order valence-corrected chi connectivity index (χ2v) is 11.9. The van der Waals surface area contributed by atoms with E-state index < -0.39 is 84.1 Å². The normalized spacial score (nSPS) is 26.5. The number of carboxylic acids is 2. The third-order valence-electron chi connectivity index (χ3n) is 9.00. The van der Waals surface area contributed by atoms with Gasteiger partial charge in [-0.3, -0.25) is 14.4 Å². The molecule has 4 rings (SSSR count). The van der Waals surface area contributed by atoms with Crippen LogP contribution >= 0.6 is 0 Å². The lowest BCUT2D eigenvalue weighted by molar-refractivity contribution is -0.184. The van der Waals surface area contributed by atoms with Gasteiger partial charge in [0.15, 0.2) is 23.7 Å². The highest BCUT2D eigenvalue weighted by molar-refractivity contribution is 5.88. The van der Waals surface area contributed by atoms with Gasteiger partial charge in [-0.1, -0.05) is 6.07 Å². The van der Waals surface area contributed by atoms with Gasteiger partial charge in [-0.15, -0.1) is 0 Å². The lowest BCUT2D eigenvalue weighted by atomic mass is 9.54. The van der Waals surface area contributed by atoms with Gasteiger partial charge in [-0.25, -0.2) is 14.4 Å². The number of rotatable bonds is 11. The third-order valence-corrected chi connectivity index (χ3v) is 9.00. The molecule has 0 aromatic heterocycles. The molecule has 0 amide bonds. The van der Waals surface area contributed by atoms with Crippen LogP contribution in [-0.2, 0) is 53.1 Å². The average molecular weight is 664 g/mol. The monoisotopic (exact) mass is 663 g/mol. The molecule has 16 heteroatoms. The van der Waals surface area contributed by atoms with E-state index in [0.717, 1.165) is 19.4 Å². The lowest BCUT2D eigenvalue weighted by Crippen LogP contribution is -2.71. The van der Waals surface area contributed by atoms with Crippen LogP contribution in [0.1, 0.15) is 57.6 Å². The van der Waals surface area contributed by atoms with Crippen molar-refractivity contribution in [1.82, 2.24) is 4.90 Å². The van der Waals surface area contributed by atoms with Crippen LogP contribution in [0.25, 0.3) is 0 Å². The van der Waals surface area contributed by atoms with E-state index in [2.05, 4.69) is 4.74 Å². The Morgan fingerprint density at radius 1 is 1.04 bits per heavy atom. The second-order valence-electron chi connectivity index (χ2n) is 11.9. The van der Waals surface area contributed by atoms with E-state index in [4.69, 9.17) is 29.2 Å². The molecule has 1 saturated heterocycles. The minimum absolute atomic E-state index is 0.0106. The number of hydrogen-bond donors (Lipinski definition) is 4. The number of carboxylic acid groups (broad SMARTS) is 2. The minimum atomic E-state index is -2.06. The number of carbonyl (C=O) groups excluding carboxylic acids is 4. The number of aliphatic hydroxyl groups is 1. The summed E-state index contributed by atoms with van der Waals surface area (Å²) in [5, 5.41) is 40.9. The number of esters is 4. The van der Waals surface area contributed by atoms with Crippen LogP contribution in [0.15, 0.2) is 24.0 Å². The SMILES string of the molecule is CC(=O)O[C@@H](CC(=O)OC1=CC[C@@]2(O)[C@@H](C)N(C)CC[C@@]23c2c(C)ccc(O)c2O[C@@H]13)C(=O)O[C@@H](C)C(=O)O[C@@H](CC(=O)O)C(=O)O. The molecule has 47 heavy (non-hydrogen) atoms. The molecule has 4 N–H and O–H groups in total. The zero-order valence-corrected chi connectivity index (χ0v) is 26.4. The predicted octanol–water partition coefficient (Wildman–Crippen LogP) is 0.710. The Kier molecular flexibility index (Phi) is 9.87. The van der Waals surface area contributed by atoms with E-state index in [9.17, 15) is 39.0 Å². The van der Waals surface area contributed by atoms with E-state index in [1.54, 1.807) is 6.07 Å². The molecule has 1 aliphatic carbocycles. The van der Waals surface area contributed by atoms with Crippen molar-refractivity contribution in [2.75, 3.05) is 13.6 Å². The van der Waals surface area contributed by atoms with Crippen LogP contribution in [0.4, 0.5) is 0 Å². The molecule has 1 aromatic rings. The number of benzene rings is 1. The second kappa shape index (κ2) is 13.2. The first-order valence-corrected chi connectivity index (χ1v) is 14.8. The zero-order valence-electron chi connectivity index (χ0n) is 26.4. The van der Waals surface area contributed by atoms with Gasteiger partial charge in [0, 0.05) is 24.9 Å². The number of carbonyl (C=O) groups is 6. The topological polar surface area (TPSA) is 233 Å². The van der Waals surface area contributed by atoms with Crippen LogP contribution in [0.5, 0.6) is 11.5 Å². The molecule has 0 bridgehead atoms. The molecule has 0 radical (unpaired) electrons. The highest BCUT2D eigenvalue weighted by atomic mass is 16.6. The van der Waals surface area contributed by atoms with E-state index in [-0.39, 0.29) is 29.7 Å². The highest BCUT2D eigenvalue weighted by Gasteiger charge is 2.69. The Labute approximate surface area is 268 Å². The lowest BCUT2D eigenvalue weighted by Gasteiger charge is -2.58. The third kappa shape index (κ3) is 6.47. The molecule has 3 aliphatic rings. The number of aromatic hydroxyl groups is 1.